The average molecular weight is 368 g/mol. The summed E-state index contributed by atoms with van der Waals surface area (Å²) in [6.45, 7) is 0.666. The molecule has 2 rings (SSSR count). The normalized spacial score (nSPS) is 18.5. The lowest BCUT2D eigenvalue weighted by Gasteiger charge is -2.24. The van der Waals surface area contributed by atoms with Crippen LogP contribution in [0.15, 0.2) is 4.73 Å². The van der Waals surface area contributed by atoms with E-state index in [0.29, 0.717) is 11.3 Å². The third-order valence-corrected chi connectivity index (χ3v) is 4.99. The van der Waals surface area contributed by atoms with Gasteiger partial charge in [-0.25, -0.2) is 0 Å². The van der Waals surface area contributed by atoms with Crippen LogP contribution >= 0.6 is 31.9 Å². The van der Waals surface area contributed by atoms with Crippen molar-refractivity contribution in [1.29, 1.82) is 0 Å². The molecule has 0 unspecified atom stereocenters. The minimum atomic E-state index is -0.573. The van der Waals surface area contributed by atoms with E-state index >= 15 is 0 Å². The van der Waals surface area contributed by atoms with Gasteiger partial charge in [0.05, 0.1) is 6.54 Å². The number of aromatic nitrogens is 3. The maximum absolute atomic E-state index is 10.6. The van der Waals surface area contributed by atoms with Crippen LogP contribution in [0.1, 0.15) is 25.7 Å². The van der Waals surface area contributed by atoms with E-state index in [1.165, 1.54) is 12.8 Å². The summed E-state index contributed by atoms with van der Waals surface area (Å²) in [7, 11) is 0. The van der Waals surface area contributed by atoms with Crippen molar-refractivity contribution in [1.82, 2.24) is 14.8 Å². The number of hydrogen-bond donors (Lipinski definition) is 0. The molecule has 0 aromatic carbocycles. The fourth-order valence-electron chi connectivity index (χ4n) is 2.27. The van der Waals surface area contributed by atoms with Gasteiger partial charge in [0.15, 0.2) is 0 Å². The molecule has 0 bridgehead atoms. The Kier molecular flexibility index (Phi) is 3.82. The Hall–Kier alpha value is -0.500. The maximum Gasteiger partial charge on any atom is 0.492 e. The zero-order valence-corrected chi connectivity index (χ0v) is 12.3. The van der Waals surface area contributed by atoms with Gasteiger partial charge in [0.2, 0.25) is 0 Å². The SMILES string of the molecule is O=[N+]([O-])c1nc(Br)n(CC2(CBr)CCCC2)n1. The van der Waals surface area contributed by atoms with Crippen molar-refractivity contribution in [2.45, 2.75) is 32.2 Å². The molecule has 1 fully saturated rings. The Morgan fingerprint density at radius 3 is 2.59 bits per heavy atom. The molecule has 8 heteroatoms. The van der Waals surface area contributed by atoms with Crippen molar-refractivity contribution in [2.24, 2.45) is 5.41 Å². The topological polar surface area (TPSA) is 73.8 Å². The van der Waals surface area contributed by atoms with Crippen molar-refractivity contribution in [3.63, 3.8) is 0 Å². The summed E-state index contributed by atoms with van der Waals surface area (Å²) in [6.07, 6.45) is 4.66. The van der Waals surface area contributed by atoms with Gasteiger partial charge in [-0.1, -0.05) is 28.8 Å². The molecule has 0 atom stereocenters. The Labute approximate surface area is 115 Å². The summed E-state index contributed by atoms with van der Waals surface area (Å²) in [6, 6.07) is 0. The molecule has 94 valence electrons. The van der Waals surface area contributed by atoms with Crippen LogP contribution in [0.4, 0.5) is 5.95 Å². The van der Waals surface area contributed by atoms with E-state index in [2.05, 4.69) is 41.9 Å². The van der Waals surface area contributed by atoms with E-state index < -0.39 is 4.92 Å². The van der Waals surface area contributed by atoms with Crippen molar-refractivity contribution < 1.29 is 4.92 Å². The minimum absolute atomic E-state index is 0.157. The number of nitrogens with zero attached hydrogens (tertiary/aromatic N) is 4. The molecule has 1 aliphatic carbocycles. The van der Waals surface area contributed by atoms with E-state index in [1.54, 1.807) is 4.68 Å². The quantitative estimate of drug-likeness (QED) is 0.466. The maximum atomic E-state index is 10.6. The first-order valence-electron chi connectivity index (χ1n) is 5.37. The highest BCUT2D eigenvalue weighted by Crippen LogP contribution is 2.41. The molecular weight excluding hydrogens is 356 g/mol. The molecule has 6 nitrogen and oxygen atoms in total. The molecule has 0 aliphatic heterocycles. The van der Waals surface area contributed by atoms with Gasteiger partial charge >= 0.3 is 5.95 Å². The monoisotopic (exact) mass is 366 g/mol. The Bertz CT molecular complexity index is 429. The van der Waals surface area contributed by atoms with Gasteiger partial charge in [0.1, 0.15) is 0 Å². The fourth-order valence-corrected chi connectivity index (χ4v) is 3.37. The van der Waals surface area contributed by atoms with Gasteiger partial charge in [-0.05, 0) is 22.7 Å². The van der Waals surface area contributed by atoms with Gasteiger partial charge in [-0.15, -0.1) is 0 Å². The largest absolute Gasteiger partial charge is 0.492 e. The zero-order chi connectivity index (χ0) is 12.5. The lowest BCUT2D eigenvalue weighted by atomic mass is 9.89. The molecule has 0 amide bonds. The highest BCUT2D eigenvalue weighted by atomic mass is 79.9. The lowest BCUT2D eigenvalue weighted by Crippen LogP contribution is -2.26. The second-order valence-electron chi connectivity index (χ2n) is 4.44. The van der Waals surface area contributed by atoms with Gasteiger partial charge in [-0.3, -0.25) is 0 Å². The first-order valence-corrected chi connectivity index (χ1v) is 7.28. The molecule has 0 radical (unpaired) electrons. The van der Waals surface area contributed by atoms with Crippen LogP contribution in [0, 0.1) is 15.5 Å². The molecule has 1 heterocycles. The van der Waals surface area contributed by atoms with Crippen LogP contribution in [-0.4, -0.2) is 25.0 Å². The average Bonchev–Trinajstić information content (AvgIpc) is 2.88. The molecule has 1 aliphatic rings. The molecule has 0 spiro atoms. The van der Waals surface area contributed by atoms with E-state index in [1.807, 2.05) is 0 Å². The standard InChI is InChI=1S/C9H12Br2N4O2/c10-5-9(3-1-2-4-9)6-14-7(11)12-8(13-14)15(16)17/h1-6H2. The van der Waals surface area contributed by atoms with Crippen LogP contribution in [0.5, 0.6) is 0 Å². The molecule has 0 N–H and O–H groups in total. The van der Waals surface area contributed by atoms with Gasteiger partial charge in [-0.2, -0.15) is 4.68 Å². The summed E-state index contributed by atoms with van der Waals surface area (Å²) >= 11 is 6.76. The predicted octanol–water partition coefficient (Wildman–Crippen LogP) is 2.90. The Morgan fingerprint density at radius 2 is 2.12 bits per heavy atom. The van der Waals surface area contributed by atoms with E-state index in [4.69, 9.17) is 0 Å². The minimum Gasteiger partial charge on any atom is -0.390 e. The molecule has 1 saturated carbocycles. The molecule has 17 heavy (non-hydrogen) atoms. The number of hydrogen-bond acceptors (Lipinski definition) is 4. The Balaban J connectivity index is 2.20. The molecule has 1 aromatic rings. The second kappa shape index (κ2) is 5.01. The van der Waals surface area contributed by atoms with Crippen LogP contribution < -0.4 is 0 Å². The van der Waals surface area contributed by atoms with Crippen molar-refractivity contribution in [2.75, 3.05) is 5.33 Å². The molecule has 1 aromatic heterocycles. The van der Waals surface area contributed by atoms with Crippen molar-refractivity contribution >= 4 is 37.8 Å². The lowest BCUT2D eigenvalue weighted by molar-refractivity contribution is -0.394. The first-order chi connectivity index (χ1) is 8.06. The van der Waals surface area contributed by atoms with Crippen molar-refractivity contribution in [3.8, 4) is 0 Å². The van der Waals surface area contributed by atoms with Crippen LogP contribution in [-0.2, 0) is 6.54 Å². The summed E-state index contributed by atoms with van der Waals surface area (Å²) in [5.41, 5.74) is 0.157. The molecule has 0 saturated heterocycles. The zero-order valence-electron chi connectivity index (χ0n) is 9.10. The van der Waals surface area contributed by atoms with E-state index in [9.17, 15) is 10.1 Å². The highest BCUT2D eigenvalue weighted by molar-refractivity contribution is 9.10. The van der Waals surface area contributed by atoms with Gasteiger partial charge in [0.25, 0.3) is 4.73 Å². The smallest absolute Gasteiger partial charge is 0.390 e. The van der Waals surface area contributed by atoms with E-state index in [-0.39, 0.29) is 11.4 Å². The number of alkyl halides is 1. The van der Waals surface area contributed by atoms with Crippen LogP contribution in [0.2, 0.25) is 0 Å². The highest BCUT2D eigenvalue weighted by Gasteiger charge is 2.36. The summed E-state index contributed by atoms with van der Waals surface area (Å²) in [4.78, 5) is 13.8. The number of nitro groups is 1. The fraction of sp³-hybridized carbons (Fsp3) is 0.778. The van der Waals surface area contributed by atoms with E-state index in [0.717, 1.165) is 18.2 Å². The predicted molar refractivity (Wildman–Crippen MR) is 69.1 cm³/mol. The number of halogens is 2. The third kappa shape index (κ3) is 2.67. The molecular formula is C9H12Br2N4O2. The first kappa shape index (κ1) is 12.9. The van der Waals surface area contributed by atoms with Crippen molar-refractivity contribution in [3.05, 3.63) is 14.8 Å². The summed E-state index contributed by atoms with van der Waals surface area (Å²) < 4.78 is 2.02. The second-order valence-corrected chi connectivity index (χ2v) is 5.71. The Morgan fingerprint density at radius 1 is 1.47 bits per heavy atom. The van der Waals surface area contributed by atoms with Gasteiger partial charge < -0.3 is 10.1 Å². The summed E-state index contributed by atoms with van der Waals surface area (Å²) in [5.74, 6) is -0.348. The third-order valence-electron chi connectivity index (χ3n) is 3.21. The number of rotatable bonds is 4. The van der Waals surface area contributed by atoms with Crippen LogP contribution in [0.25, 0.3) is 0 Å². The van der Waals surface area contributed by atoms with Gasteiger partial charge in [0, 0.05) is 31.8 Å². The summed E-state index contributed by atoms with van der Waals surface area (Å²) in [5, 5.41) is 15.4. The van der Waals surface area contributed by atoms with Crippen LogP contribution in [0.3, 0.4) is 0 Å².